The minimum absolute atomic E-state index is 0.348. The lowest BCUT2D eigenvalue weighted by Gasteiger charge is -2.44. The zero-order valence-corrected chi connectivity index (χ0v) is 21.5. The summed E-state index contributed by atoms with van der Waals surface area (Å²) in [5.74, 6) is 2.72. The molecule has 1 aliphatic rings. The van der Waals surface area contributed by atoms with E-state index >= 15 is 0 Å². The third-order valence-corrected chi connectivity index (χ3v) is 7.56. The molecule has 4 atom stereocenters. The average molecular weight is 413 g/mol. The van der Waals surface area contributed by atoms with Gasteiger partial charge in [0.15, 0.2) is 0 Å². The lowest BCUT2D eigenvalue weighted by Crippen LogP contribution is -2.34. The van der Waals surface area contributed by atoms with Crippen molar-refractivity contribution in [3.63, 3.8) is 0 Å². The largest absolute Gasteiger partial charge is 0.103 e. The summed E-state index contributed by atoms with van der Waals surface area (Å²) in [5.41, 5.74) is 4.91. The zero-order chi connectivity index (χ0) is 22.7. The van der Waals surface area contributed by atoms with Crippen molar-refractivity contribution in [2.45, 2.75) is 113 Å². The highest BCUT2D eigenvalue weighted by Gasteiger charge is 2.38. The highest BCUT2D eigenvalue weighted by Crippen LogP contribution is 2.49. The fourth-order valence-electron chi connectivity index (χ4n) is 5.25. The van der Waals surface area contributed by atoms with Crippen LogP contribution in [0.15, 0.2) is 48.1 Å². The van der Waals surface area contributed by atoms with Gasteiger partial charge in [-0.15, -0.1) is 6.58 Å². The Balaban J connectivity index is 2.90. The van der Waals surface area contributed by atoms with Crippen LogP contribution in [0.1, 0.15) is 113 Å². The van der Waals surface area contributed by atoms with Gasteiger partial charge in [0.2, 0.25) is 0 Å². The average Bonchev–Trinajstić information content (AvgIpc) is 2.67. The van der Waals surface area contributed by atoms with Crippen LogP contribution in [0.3, 0.4) is 0 Å². The molecule has 0 aliphatic heterocycles. The number of hydrogen-bond donors (Lipinski definition) is 0. The van der Waals surface area contributed by atoms with Gasteiger partial charge in [-0.2, -0.15) is 0 Å². The molecular formula is C30H52. The molecule has 0 N–H and O–H groups in total. The second-order valence-corrected chi connectivity index (χ2v) is 11.2. The molecule has 0 nitrogen and oxygen atoms in total. The van der Waals surface area contributed by atoms with Gasteiger partial charge in [0, 0.05) is 0 Å². The van der Waals surface area contributed by atoms with Crippen molar-refractivity contribution in [1.82, 2.24) is 0 Å². The quantitative estimate of drug-likeness (QED) is 0.249. The Bertz CT molecular complexity index is 587. The molecule has 30 heavy (non-hydrogen) atoms. The van der Waals surface area contributed by atoms with E-state index in [0.29, 0.717) is 23.2 Å². The number of hydrogen-bond acceptors (Lipinski definition) is 0. The molecule has 0 saturated heterocycles. The molecule has 172 valence electrons. The summed E-state index contributed by atoms with van der Waals surface area (Å²) in [6, 6.07) is 0. The molecule has 0 saturated carbocycles. The highest BCUT2D eigenvalue weighted by molar-refractivity contribution is 5.17. The predicted molar refractivity (Wildman–Crippen MR) is 138 cm³/mol. The van der Waals surface area contributed by atoms with Gasteiger partial charge in [-0.05, 0) is 101 Å². The van der Waals surface area contributed by atoms with Crippen molar-refractivity contribution >= 4 is 0 Å². The van der Waals surface area contributed by atoms with Crippen molar-refractivity contribution in [3.8, 4) is 0 Å². The van der Waals surface area contributed by atoms with Gasteiger partial charge in [-0.3, -0.25) is 0 Å². The molecule has 0 spiro atoms. The van der Waals surface area contributed by atoms with Gasteiger partial charge in [0.25, 0.3) is 0 Å². The monoisotopic (exact) mass is 412 g/mol. The third kappa shape index (κ3) is 9.40. The van der Waals surface area contributed by atoms with Crippen LogP contribution in [0.2, 0.25) is 0 Å². The maximum atomic E-state index is 4.39. The predicted octanol–water partition coefficient (Wildman–Crippen LogP) is 10.1. The Morgan fingerprint density at radius 1 is 1.17 bits per heavy atom. The van der Waals surface area contributed by atoms with Crippen LogP contribution in [0.5, 0.6) is 0 Å². The Labute approximate surface area is 190 Å². The van der Waals surface area contributed by atoms with Crippen molar-refractivity contribution in [2.24, 2.45) is 29.1 Å². The normalized spacial score (nSPS) is 23.1. The van der Waals surface area contributed by atoms with Crippen molar-refractivity contribution in [3.05, 3.63) is 48.1 Å². The van der Waals surface area contributed by atoms with Crippen LogP contribution in [-0.2, 0) is 0 Å². The molecule has 1 rings (SSSR count). The number of allylic oxidation sites excluding steroid dienone is 6. The molecule has 1 aliphatic carbocycles. The summed E-state index contributed by atoms with van der Waals surface area (Å²) >= 11 is 0. The van der Waals surface area contributed by atoms with Gasteiger partial charge in [0.05, 0.1) is 0 Å². The topological polar surface area (TPSA) is 0 Å². The summed E-state index contributed by atoms with van der Waals surface area (Å²) in [5, 5.41) is 0. The number of rotatable bonds is 14. The minimum Gasteiger partial charge on any atom is -0.103 e. The first-order valence-corrected chi connectivity index (χ1v) is 12.7. The maximum Gasteiger partial charge on any atom is -0.0111 e. The van der Waals surface area contributed by atoms with Crippen molar-refractivity contribution in [2.75, 3.05) is 0 Å². The van der Waals surface area contributed by atoms with E-state index in [1.54, 1.807) is 11.1 Å². The van der Waals surface area contributed by atoms with Crippen LogP contribution in [-0.4, -0.2) is 0 Å². The summed E-state index contributed by atoms with van der Waals surface area (Å²) in [6.45, 7) is 24.8. The minimum atomic E-state index is 0.348. The first-order chi connectivity index (χ1) is 14.1. The third-order valence-electron chi connectivity index (χ3n) is 7.56. The Morgan fingerprint density at radius 2 is 1.87 bits per heavy atom. The van der Waals surface area contributed by atoms with Crippen LogP contribution in [0, 0.1) is 29.1 Å². The molecule has 0 radical (unpaired) electrons. The van der Waals surface area contributed by atoms with E-state index in [2.05, 4.69) is 79.9 Å². The van der Waals surface area contributed by atoms with Crippen LogP contribution >= 0.6 is 0 Å². The molecule has 0 amide bonds. The smallest absolute Gasteiger partial charge is 0.0111 e. The zero-order valence-electron chi connectivity index (χ0n) is 21.5. The Kier molecular flexibility index (Phi) is 12.0. The fourth-order valence-corrected chi connectivity index (χ4v) is 5.25. The van der Waals surface area contributed by atoms with E-state index in [1.165, 1.54) is 69.8 Å². The maximum absolute atomic E-state index is 4.39. The first kappa shape index (κ1) is 27.0. The SMILES string of the molecule is C=C[C@@H](C)CCC[C@](C)(CC/C=C(\C)CCCC(C)C)[C@@H]1C=C(C)CC[C@@H]1C(=C)C. The van der Waals surface area contributed by atoms with Crippen LogP contribution in [0.4, 0.5) is 0 Å². The van der Waals surface area contributed by atoms with Gasteiger partial charge in [0.1, 0.15) is 0 Å². The highest BCUT2D eigenvalue weighted by atomic mass is 14.4. The van der Waals surface area contributed by atoms with Gasteiger partial charge >= 0.3 is 0 Å². The molecule has 0 unspecified atom stereocenters. The molecular weight excluding hydrogens is 360 g/mol. The van der Waals surface area contributed by atoms with Gasteiger partial charge in [-0.1, -0.05) is 82.1 Å². The Hall–Kier alpha value is -1.04. The second-order valence-electron chi connectivity index (χ2n) is 11.2. The summed E-state index contributed by atoms with van der Waals surface area (Å²) < 4.78 is 0. The van der Waals surface area contributed by atoms with E-state index in [4.69, 9.17) is 0 Å². The molecule has 0 heteroatoms. The summed E-state index contributed by atoms with van der Waals surface area (Å²) in [4.78, 5) is 0. The van der Waals surface area contributed by atoms with Gasteiger partial charge in [-0.25, -0.2) is 0 Å². The van der Waals surface area contributed by atoms with Crippen molar-refractivity contribution < 1.29 is 0 Å². The van der Waals surface area contributed by atoms with Gasteiger partial charge < -0.3 is 0 Å². The van der Waals surface area contributed by atoms with Crippen LogP contribution in [0.25, 0.3) is 0 Å². The lowest BCUT2D eigenvalue weighted by atomic mass is 9.61. The van der Waals surface area contributed by atoms with E-state index in [9.17, 15) is 0 Å². The molecule has 0 heterocycles. The van der Waals surface area contributed by atoms with E-state index in [0.717, 1.165) is 5.92 Å². The van der Waals surface area contributed by atoms with Crippen LogP contribution < -0.4 is 0 Å². The van der Waals surface area contributed by atoms with Crippen molar-refractivity contribution in [1.29, 1.82) is 0 Å². The molecule has 0 aromatic heterocycles. The lowest BCUT2D eigenvalue weighted by molar-refractivity contribution is 0.133. The molecule has 0 aromatic carbocycles. The Morgan fingerprint density at radius 3 is 2.47 bits per heavy atom. The first-order valence-electron chi connectivity index (χ1n) is 12.7. The van der Waals surface area contributed by atoms with E-state index in [-0.39, 0.29) is 0 Å². The summed E-state index contributed by atoms with van der Waals surface area (Å²) in [6.07, 6.45) is 20.1. The standard InChI is InChI=1S/C30H52/c1-10-25(6)16-12-20-30(9,21-13-17-26(7)15-11-14-23(2)3)29-22-27(8)18-19-28(29)24(4)5/h10,17,22-23,25,28-29H,1,4,11-16,18-21H2,2-3,5-9H3/b26-17+/t25-,28-,29-,30-/m1/s1. The van der Waals surface area contributed by atoms with E-state index in [1.807, 2.05) is 0 Å². The molecule has 0 aromatic rings. The molecule has 0 fully saturated rings. The second kappa shape index (κ2) is 13.4. The molecule has 0 bridgehead atoms. The van der Waals surface area contributed by atoms with E-state index < -0.39 is 0 Å². The fraction of sp³-hybridized carbons (Fsp3) is 0.733. The summed E-state index contributed by atoms with van der Waals surface area (Å²) in [7, 11) is 0.